The van der Waals surface area contributed by atoms with E-state index >= 15 is 0 Å². The lowest BCUT2D eigenvalue weighted by atomic mass is 10.2. The molecule has 0 radical (unpaired) electrons. The van der Waals surface area contributed by atoms with Crippen LogP contribution in [0.25, 0.3) is 0 Å². The molecule has 0 aliphatic carbocycles. The lowest BCUT2D eigenvalue weighted by Crippen LogP contribution is -2.42. The first-order valence-corrected chi connectivity index (χ1v) is 4.41. The lowest BCUT2D eigenvalue weighted by Gasteiger charge is -2.28. The van der Waals surface area contributed by atoms with Gasteiger partial charge in [0.25, 0.3) is 0 Å². The maximum absolute atomic E-state index is 5.72. The first kappa shape index (κ1) is 8.38. The molecule has 70 valence electrons. The molecule has 0 aromatic heterocycles. The van der Waals surface area contributed by atoms with Gasteiger partial charge in [0, 0.05) is 6.04 Å². The van der Waals surface area contributed by atoms with Crippen LogP contribution in [-0.2, 0) is 0 Å². The minimum atomic E-state index is -0.0325. The molecule has 0 spiro atoms. The molecular formula is C10H13NO2. The van der Waals surface area contributed by atoms with Crippen molar-refractivity contribution >= 4 is 0 Å². The lowest BCUT2D eigenvalue weighted by molar-refractivity contribution is 0.0765. The van der Waals surface area contributed by atoms with Gasteiger partial charge in [0.05, 0.1) is 0 Å². The van der Waals surface area contributed by atoms with Crippen molar-refractivity contribution in [3.63, 3.8) is 0 Å². The van der Waals surface area contributed by atoms with E-state index in [1.165, 1.54) is 0 Å². The van der Waals surface area contributed by atoms with Gasteiger partial charge in [-0.05, 0) is 19.1 Å². The predicted molar refractivity (Wildman–Crippen MR) is 50.0 cm³/mol. The van der Waals surface area contributed by atoms with Gasteiger partial charge in [0.2, 0.25) is 0 Å². The fourth-order valence-corrected chi connectivity index (χ4v) is 1.29. The molecule has 1 aromatic carbocycles. The van der Waals surface area contributed by atoms with Crippen molar-refractivity contribution < 1.29 is 9.47 Å². The highest BCUT2D eigenvalue weighted by Gasteiger charge is 2.23. The molecule has 1 aromatic rings. The molecule has 2 rings (SSSR count). The van der Waals surface area contributed by atoms with Crippen molar-refractivity contribution in [2.24, 2.45) is 5.73 Å². The first-order chi connectivity index (χ1) is 6.27. The standard InChI is InChI=1S/C10H13NO2/c1-7(11)10-6-12-8-4-2-3-5-9(8)13-10/h2-5,7,10H,6,11H2,1H3. The molecule has 1 heterocycles. The van der Waals surface area contributed by atoms with Crippen molar-refractivity contribution in [2.75, 3.05) is 6.61 Å². The van der Waals surface area contributed by atoms with Crippen molar-refractivity contribution in [3.05, 3.63) is 24.3 Å². The zero-order valence-electron chi connectivity index (χ0n) is 7.57. The Morgan fingerprint density at radius 3 is 2.77 bits per heavy atom. The largest absolute Gasteiger partial charge is 0.486 e. The summed E-state index contributed by atoms with van der Waals surface area (Å²) >= 11 is 0. The average Bonchev–Trinajstić information content (AvgIpc) is 2.17. The Bertz CT molecular complexity index is 299. The highest BCUT2D eigenvalue weighted by Crippen LogP contribution is 2.31. The maximum Gasteiger partial charge on any atom is 0.161 e. The van der Waals surface area contributed by atoms with Crippen molar-refractivity contribution in [3.8, 4) is 11.5 Å². The van der Waals surface area contributed by atoms with Crippen LogP contribution in [0.1, 0.15) is 6.92 Å². The van der Waals surface area contributed by atoms with Gasteiger partial charge >= 0.3 is 0 Å². The van der Waals surface area contributed by atoms with E-state index in [0.717, 1.165) is 11.5 Å². The predicted octanol–water partition coefficient (Wildman–Crippen LogP) is 1.17. The summed E-state index contributed by atoms with van der Waals surface area (Å²) in [6.45, 7) is 2.46. The molecule has 0 bridgehead atoms. The molecule has 3 nitrogen and oxygen atoms in total. The molecule has 2 N–H and O–H groups in total. The van der Waals surface area contributed by atoms with Crippen LogP contribution in [0.15, 0.2) is 24.3 Å². The van der Waals surface area contributed by atoms with Gasteiger partial charge < -0.3 is 15.2 Å². The van der Waals surface area contributed by atoms with E-state index in [2.05, 4.69) is 0 Å². The summed E-state index contributed by atoms with van der Waals surface area (Å²) in [6, 6.07) is 7.63. The van der Waals surface area contributed by atoms with Gasteiger partial charge in [-0.1, -0.05) is 12.1 Å². The van der Waals surface area contributed by atoms with Gasteiger partial charge in [-0.2, -0.15) is 0 Å². The number of para-hydroxylation sites is 2. The van der Waals surface area contributed by atoms with Crippen molar-refractivity contribution in [1.29, 1.82) is 0 Å². The maximum atomic E-state index is 5.72. The van der Waals surface area contributed by atoms with Crippen LogP contribution < -0.4 is 15.2 Å². The van der Waals surface area contributed by atoms with E-state index in [4.69, 9.17) is 15.2 Å². The zero-order chi connectivity index (χ0) is 9.26. The van der Waals surface area contributed by atoms with E-state index in [1.54, 1.807) is 0 Å². The molecule has 0 saturated carbocycles. The summed E-state index contributed by atoms with van der Waals surface area (Å²) in [5.41, 5.74) is 5.72. The third-order valence-corrected chi connectivity index (χ3v) is 2.12. The molecule has 2 unspecified atom stereocenters. The summed E-state index contributed by atoms with van der Waals surface area (Å²) < 4.78 is 11.1. The van der Waals surface area contributed by atoms with Crippen LogP contribution in [0.5, 0.6) is 11.5 Å². The Kier molecular flexibility index (Phi) is 2.10. The zero-order valence-corrected chi connectivity index (χ0v) is 7.57. The monoisotopic (exact) mass is 179 g/mol. The topological polar surface area (TPSA) is 44.5 Å². The van der Waals surface area contributed by atoms with Crippen LogP contribution in [0, 0.1) is 0 Å². The average molecular weight is 179 g/mol. The smallest absolute Gasteiger partial charge is 0.161 e. The second-order valence-corrected chi connectivity index (χ2v) is 3.27. The Labute approximate surface area is 77.5 Å². The van der Waals surface area contributed by atoms with Crippen LogP contribution in [-0.4, -0.2) is 18.8 Å². The minimum absolute atomic E-state index is 0.00615. The molecule has 2 atom stereocenters. The molecular weight excluding hydrogens is 166 g/mol. The molecule has 0 saturated heterocycles. The van der Waals surface area contributed by atoms with Crippen LogP contribution in [0.3, 0.4) is 0 Å². The van der Waals surface area contributed by atoms with Gasteiger partial charge in [-0.3, -0.25) is 0 Å². The second kappa shape index (κ2) is 3.26. The Morgan fingerprint density at radius 1 is 1.38 bits per heavy atom. The van der Waals surface area contributed by atoms with Crippen LogP contribution in [0.4, 0.5) is 0 Å². The summed E-state index contributed by atoms with van der Waals surface area (Å²) in [7, 11) is 0. The van der Waals surface area contributed by atoms with Crippen LogP contribution in [0.2, 0.25) is 0 Å². The number of hydrogen-bond acceptors (Lipinski definition) is 3. The van der Waals surface area contributed by atoms with E-state index < -0.39 is 0 Å². The third-order valence-electron chi connectivity index (χ3n) is 2.12. The SMILES string of the molecule is CC(N)C1COc2ccccc2O1. The summed E-state index contributed by atoms with van der Waals surface area (Å²) in [6.07, 6.45) is -0.0325. The Hall–Kier alpha value is -1.22. The fraction of sp³-hybridized carbons (Fsp3) is 0.400. The molecule has 1 aliphatic rings. The highest BCUT2D eigenvalue weighted by molar-refractivity contribution is 5.40. The van der Waals surface area contributed by atoms with Gasteiger partial charge in [-0.25, -0.2) is 0 Å². The normalized spacial score (nSPS) is 22.5. The first-order valence-electron chi connectivity index (χ1n) is 4.41. The molecule has 3 heteroatoms. The number of nitrogens with two attached hydrogens (primary N) is 1. The molecule has 0 amide bonds. The fourth-order valence-electron chi connectivity index (χ4n) is 1.29. The van der Waals surface area contributed by atoms with Crippen LogP contribution >= 0.6 is 0 Å². The third kappa shape index (κ3) is 1.60. The minimum Gasteiger partial charge on any atom is -0.486 e. The van der Waals surface area contributed by atoms with E-state index in [0.29, 0.717) is 6.61 Å². The van der Waals surface area contributed by atoms with Gasteiger partial charge in [0.15, 0.2) is 11.5 Å². The Morgan fingerprint density at radius 2 is 2.08 bits per heavy atom. The van der Waals surface area contributed by atoms with Crippen molar-refractivity contribution in [2.45, 2.75) is 19.1 Å². The summed E-state index contributed by atoms with van der Waals surface area (Å²) in [5, 5.41) is 0. The van der Waals surface area contributed by atoms with E-state index in [-0.39, 0.29) is 12.1 Å². The Balaban J connectivity index is 2.20. The number of ether oxygens (including phenoxy) is 2. The molecule has 1 aliphatic heterocycles. The summed E-state index contributed by atoms with van der Waals surface area (Å²) in [4.78, 5) is 0. The number of rotatable bonds is 1. The summed E-state index contributed by atoms with van der Waals surface area (Å²) in [5.74, 6) is 1.59. The number of benzene rings is 1. The molecule has 0 fully saturated rings. The molecule has 13 heavy (non-hydrogen) atoms. The number of fused-ring (bicyclic) bond motifs is 1. The van der Waals surface area contributed by atoms with Gasteiger partial charge in [-0.15, -0.1) is 0 Å². The van der Waals surface area contributed by atoms with E-state index in [9.17, 15) is 0 Å². The highest BCUT2D eigenvalue weighted by atomic mass is 16.6. The van der Waals surface area contributed by atoms with Gasteiger partial charge in [0.1, 0.15) is 12.7 Å². The van der Waals surface area contributed by atoms with Crippen molar-refractivity contribution in [1.82, 2.24) is 0 Å². The number of hydrogen-bond donors (Lipinski definition) is 1. The second-order valence-electron chi connectivity index (χ2n) is 3.27. The van der Waals surface area contributed by atoms with E-state index in [1.807, 2.05) is 31.2 Å². The quantitative estimate of drug-likeness (QED) is 0.704.